The summed E-state index contributed by atoms with van der Waals surface area (Å²) in [6.45, 7) is 0. The molecule has 5 rings (SSSR count). The smallest absolute Gasteiger partial charge is 0.0500 e. The summed E-state index contributed by atoms with van der Waals surface area (Å²) < 4.78 is 0. The number of para-hydroxylation sites is 1. The summed E-state index contributed by atoms with van der Waals surface area (Å²) in [7, 11) is 0. The van der Waals surface area contributed by atoms with Gasteiger partial charge in [-0.1, -0.05) is 92.1 Å². The number of hydrogen-bond donors (Lipinski definition) is 1. The van der Waals surface area contributed by atoms with Crippen molar-refractivity contribution < 1.29 is 0 Å². The SMILES string of the molecule is c1ccc(-c2[nH]c3ccccc3c2Cc2ccc(C3CCCCC3)cc2)cc1. The van der Waals surface area contributed by atoms with E-state index in [1.165, 1.54) is 71.0 Å². The van der Waals surface area contributed by atoms with Crippen molar-refractivity contribution in [3.05, 3.63) is 95.6 Å². The third-order valence-electron chi connectivity index (χ3n) is 6.31. The molecule has 0 amide bonds. The minimum absolute atomic E-state index is 0.774. The second kappa shape index (κ2) is 7.67. The highest BCUT2D eigenvalue weighted by Crippen LogP contribution is 2.34. The average Bonchev–Trinajstić information content (AvgIpc) is 3.14. The second-order valence-electron chi connectivity index (χ2n) is 8.14. The van der Waals surface area contributed by atoms with Gasteiger partial charge < -0.3 is 4.98 Å². The van der Waals surface area contributed by atoms with Crippen LogP contribution in [-0.4, -0.2) is 4.98 Å². The van der Waals surface area contributed by atoms with Crippen LogP contribution in [0.25, 0.3) is 22.2 Å². The van der Waals surface area contributed by atoms with Crippen molar-refractivity contribution in [3.8, 4) is 11.3 Å². The van der Waals surface area contributed by atoms with Gasteiger partial charge in [0.05, 0.1) is 5.69 Å². The van der Waals surface area contributed by atoms with Gasteiger partial charge in [-0.15, -0.1) is 0 Å². The fraction of sp³-hybridized carbons (Fsp3) is 0.259. The molecule has 28 heavy (non-hydrogen) atoms. The molecular formula is C27H27N. The van der Waals surface area contributed by atoms with Crippen LogP contribution in [0, 0.1) is 0 Å². The van der Waals surface area contributed by atoms with E-state index in [0.717, 1.165) is 12.3 Å². The number of rotatable bonds is 4. The van der Waals surface area contributed by atoms with Crippen LogP contribution in [0.1, 0.15) is 54.7 Å². The second-order valence-corrected chi connectivity index (χ2v) is 8.14. The van der Waals surface area contributed by atoms with E-state index in [1.54, 1.807) is 0 Å². The molecular weight excluding hydrogens is 338 g/mol. The molecule has 1 heteroatoms. The highest BCUT2D eigenvalue weighted by atomic mass is 14.7. The van der Waals surface area contributed by atoms with Crippen molar-refractivity contribution in [2.45, 2.75) is 44.4 Å². The van der Waals surface area contributed by atoms with Crippen molar-refractivity contribution in [3.63, 3.8) is 0 Å². The molecule has 0 unspecified atom stereocenters. The number of benzene rings is 3. The Morgan fingerprint density at radius 2 is 1.43 bits per heavy atom. The standard InChI is InChI=1S/C27H27N/c1-3-9-21(10-4-1)22-17-15-20(16-18-22)19-25-24-13-7-8-14-26(24)28-27(25)23-11-5-2-6-12-23/h2,5-8,11-18,21,28H,1,3-4,9-10,19H2. The molecule has 1 aliphatic carbocycles. The van der Waals surface area contributed by atoms with Gasteiger partial charge >= 0.3 is 0 Å². The van der Waals surface area contributed by atoms with Crippen molar-refractivity contribution >= 4 is 10.9 Å². The first kappa shape index (κ1) is 17.3. The van der Waals surface area contributed by atoms with Gasteiger partial charge in [0.25, 0.3) is 0 Å². The molecule has 1 aromatic heterocycles. The molecule has 4 aromatic rings. The summed E-state index contributed by atoms with van der Waals surface area (Å²) in [4.78, 5) is 3.66. The normalized spacial score (nSPS) is 15.1. The number of aromatic nitrogens is 1. The van der Waals surface area contributed by atoms with Gasteiger partial charge in [-0.2, -0.15) is 0 Å². The molecule has 1 fully saturated rings. The van der Waals surface area contributed by atoms with Crippen LogP contribution in [0.5, 0.6) is 0 Å². The number of fused-ring (bicyclic) bond motifs is 1. The molecule has 0 bridgehead atoms. The van der Waals surface area contributed by atoms with Crippen molar-refractivity contribution in [2.24, 2.45) is 0 Å². The van der Waals surface area contributed by atoms with Gasteiger partial charge in [0, 0.05) is 17.3 Å². The predicted molar refractivity (Wildman–Crippen MR) is 119 cm³/mol. The maximum absolute atomic E-state index is 3.66. The van der Waals surface area contributed by atoms with Crippen LogP contribution >= 0.6 is 0 Å². The van der Waals surface area contributed by atoms with Gasteiger partial charge in [-0.25, -0.2) is 0 Å². The third-order valence-corrected chi connectivity index (χ3v) is 6.31. The molecule has 3 aromatic carbocycles. The average molecular weight is 366 g/mol. The summed E-state index contributed by atoms with van der Waals surface area (Å²) in [5.41, 5.74) is 8.04. The fourth-order valence-electron chi connectivity index (χ4n) is 4.78. The summed E-state index contributed by atoms with van der Waals surface area (Å²) in [6.07, 6.45) is 7.88. The summed E-state index contributed by atoms with van der Waals surface area (Å²) in [5, 5.41) is 1.33. The van der Waals surface area contributed by atoms with Crippen molar-refractivity contribution in [1.29, 1.82) is 0 Å². The maximum atomic E-state index is 3.66. The molecule has 1 saturated carbocycles. The Hall–Kier alpha value is -2.80. The minimum Gasteiger partial charge on any atom is -0.354 e. The van der Waals surface area contributed by atoms with E-state index in [9.17, 15) is 0 Å². The van der Waals surface area contributed by atoms with Crippen LogP contribution in [0.15, 0.2) is 78.9 Å². The number of H-pyrrole nitrogens is 1. The maximum Gasteiger partial charge on any atom is 0.0500 e. The quantitative estimate of drug-likeness (QED) is 0.386. The highest BCUT2D eigenvalue weighted by Gasteiger charge is 2.16. The van der Waals surface area contributed by atoms with E-state index >= 15 is 0 Å². The Bertz CT molecular complexity index is 1050. The van der Waals surface area contributed by atoms with Gasteiger partial charge in [0.2, 0.25) is 0 Å². The largest absolute Gasteiger partial charge is 0.354 e. The van der Waals surface area contributed by atoms with Gasteiger partial charge in [-0.05, 0) is 47.1 Å². The zero-order valence-electron chi connectivity index (χ0n) is 16.3. The van der Waals surface area contributed by atoms with Crippen LogP contribution in [0.4, 0.5) is 0 Å². The van der Waals surface area contributed by atoms with E-state index in [4.69, 9.17) is 0 Å². The zero-order chi connectivity index (χ0) is 18.8. The zero-order valence-corrected chi connectivity index (χ0v) is 16.3. The first-order valence-electron chi connectivity index (χ1n) is 10.6. The monoisotopic (exact) mass is 365 g/mol. The van der Waals surface area contributed by atoms with Crippen LogP contribution in [-0.2, 0) is 6.42 Å². The summed E-state index contributed by atoms with van der Waals surface area (Å²) in [6, 6.07) is 28.8. The first-order valence-corrected chi connectivity index (χ1v) is 10.6. The molecule has 0 radical (unpaired) electrons. The lowest BCUT2D eigenvalue weighted by atomic mass is 9.83. The van der Waals surface area contributed by atoms with E-state index in [2.05, 4.69) is 83.8 Å². The number of nitrogens with one attached hydrogen (secondary N) is 1. The molecule has 0 saturated heterocycles. The first-order chi connectivity index (χ1) is 13.9. The number of aromatic amines is 1. The Kier molecular flexibility index (Phi) is 4.74. The molecule has 1 nitrogen and oxygen atoms in total. The lowest BCUT2D eigenvalue weighted by Gasteiger charge is -2.22. The van der Waals surface area contributed by atoms with Crippen LogP contribution in [0.2, 0.25) is 0 Å². The molecule has 0 atom stereocenters. The summed E-state index contributed by atoms with van der Waals surface area (Å²) >= 11 is 0. The lowest BCUT2D eigenvalue weighted by Crippen LogP contribution is -2.04. The van der Waals surface area contributed by atoms with Crippen molar-refractivity contribution in [2.75, 3.05) is 0 Å². The van der Waals surface area contributed by atoms with E-state index in [0.29, 0.717) is 0 Å². The topological polar surface area (TPSA) is 15.8 Å². The fourth-order valence-corrected chi connectivity index (χ4v) is 4.78. The van der Waals surface area contributed by atoms with Crippen LogP contribution in [0.3, 0.4) is 0 Å². The van der Waals surface area contributed by atoms with E-state index in [1.807, 2.05) is 0 Å². The molecule has 0 aliphatic heterocycles. The Labute approximate surface area is 167 Å². The molecule has 0 spiro atoms. The summed E-state index contributed by atoms with van der Waals surface area (Å²) in [5.74, 6) is 0.774. The molecule has 1 aliphatic rings. The van der Waals surface area contributed by atoms with E-state index in [-0.39, 0.29) is 0 Å². The van der Waals surface area contributed by atoms with Gasteiger partial charge in [0.1, 0.15) is 0 Å². The predicted octanol–water partition coefficient (Wildman–Crippen LogP) is 7.47. The van der Waals surface area contributed by atoms with Crippen molar-refractivity contribution in [1.82, 2.24) is 4.98 Å². The Morgan fingerprint density at radius 3 is 2.21 bits per heavy atom. The van der Waals surface area contributed by atoms with Crippen LogP contribution < -0.4 is 0 Å². The third kappa shape index (κ3) is 3.38. The van der Waals surface area contributed by atoms with Gasteiger partial charge in [-0.3, -0.25) is 0 Å². The molecule has 140 valence electrons. The Morgan fingerprint density at radius 1 is 0.714 bits per heavy atom. The minimum atomic E-state index is 0.774. The van der Waals surface area contributed by atoms with E-state index < -0.39 is 0 Å². The van der Waals surface area contributed by atoms with Gasteiger partial charge in [0.15, 0.2) is 0 Å². The highest BCUT2D eigenvalue weighted by molar-refractivity contribution is 5.91. The Balaban J connectivity index is 1.49. The molecule has 1 heterocycles. The lowest BCUT2D eigenvalue weighted by molar-refractivity contribution is 0.443. The number of hydrogen-bond acceptors (Lipinski definition) is 0. The molecule has 1 N–H and O–H groups in total.